The van der Waals surface area contributed by atoms with Gasteiger partial charge >= 0.3 is 0 Å². The number of aromatic nitrogens is 8. The van der Waals surface area contributed by atoms with Gasteiger partial charge in [-0.2, -0.15) is 0 Å². The van der Waals surface area contributed by atoms with Gasteiger partial charge in [-0.1, -0.05) is 24.1 Å². The summed E-state index contributed by atoms with van der Waals surface area (Å²) in [5.74, 6) is 1.09. The van der Waals surface area contributed by atoms with E-state index in [1.165, 1.54) is 31.8 Å². The van der Waals surface area contributed by atoms with Crippen molar-refractivity contribution < 1.29 is 22.6 Å². The number of halogens is 1. The lowest BCUT2D eigenvalue weighted by Gasteiger charge is -2.51. The molecule has 17 heteroatoms. The molecule has 2 saturated heterocycles. The first-order valence-electron chi connectivity index (χ1n) is 17.2. The maximum Gasteiger partial charge on any atom is 0.256 e. The van der Waals surface area contributed by atoms with E-state index in [9.17, 15) is 8.42 Å². The van der Waals surface area contributed by atoms with E-state index in [0.717, 1.165) is 50.0 Å². The van der Waals surface area contributed by atoms with Gasteiger partial charge in [0.15, 0.2) is 9.84 Å². The van der Waals surface area contributed by atoms with Crippen LogP contribution in [0.15, 0.2) is 43.1 Å². The standard InChI is InChI=1S/C33H43ClN10O5S/c1-22(17-42-21-37-40-41-42)49-31-14-23(6-11-29(31)34)24-15-35-33(36-16-24)38-30-18-43(39-32(30)48-12-13-50(2,45)46)25-7-9-26(10-8-25)44-27-4-3-5-28(44)20-47-19-27/h6,11,14-16,18,21-22,25-28H,3-5,7-10,12-13,17,19-20H2,1-2H3,(H,35,36,38)/t22-,25?,26?,27-,28+/m0/s1. The van der Waals surface area contributed by atoms with Gasteiger partial charge in [-0.05, 0) is 73.6 Å². The van der Waals surface area contributed by atoms with Crippen LogP contribution in [0, 0.1) is 0 Å². The second-order valence-corrected chi connectivity index (χ2v) is 16.2. The predicted octanol–water partition coefficient (Wildman–Crippen LogP) is 4.35. The fourth-order valence-electron chi connectivity index (χ4n) is 7.34. The van der Waals surface area contributed by atoms with Gasteiger partial charge in [0.25, 0.3) is 5.88 Å². The Morgan fingerprint density at radius 1 is 1.02 bits per heavy atom. The van der Waals surface area contributed by atoms with Crippen molar-refractivity contribution in [1.82, 2.24) is 44.9 Å². The third-order valence-corrected chi connectivity index (χ3v) is 10.9. The monoisotopic (exact) mass is 726 g/mol. The summed E-state index contributed by atoms with van der Waals surface area (Å²) in [7, 11) is -3.20. The van der Waals surface area contributed by atoms with E-state index >= 15 is 0 Å². The average molecular weight is 727 g/mol. The summed E-state index contributed by atoms with van der Waals surface area (Å²) in [6.45, 7) is 4.06. The maximum atomic E-state index is 11.8. The second-order valence-electron chi connectivity index (χ2n) is 13.5. The minimum atomic E-state index is -3.20. The number of fused-ring (bicyclic) bond motifs is 2. The molecule has 1 saturated carbocycles. The van der Waals surface area contributed by atoms with Gasteiger partial charge in [-0.3, -0.25) is 9.58 Å². The zero-order valence-corrected chi connectivity index (χ0v) is 29.8. The van der Waals surface area contributed by atoms with Gasteiger partial charge in [0.1, 0.15) is 30.5 Å². The third kappa shape index (κ3) is 8.36. The molecule has 0 unspecified atom stereocenters. The molecule has 268 valence electrons. The molecule has 3 aliphatic rings. The molecule has 0 radical (unpaired) electrons. The van der Waals surface area contributed by atoms with Crippen molar-refractivity contribution in [3.63, 3.8) is 0 Å². The molecule has 2 aliphatic heterocycles. The molecular formula is C33H43ClN10O5S. The summed E-state index contributed by atoms with van der Waals surface area (Å²) in [4.78, 5) is 11.9. The Kier molecular flexibility index (Phi) is 10.5. The summed E-state index contributed by atoms with van der Waals surface area (Å²) in [5, 5.41) is 19.7. The molecule has 1 aromatic carbocycles. The topological polar surface area (TPSA) is 164 Å². The SMILES string of the molecule is C[C@@H](Cn1cnnn1)Oc1cc(-c2cnc(Nc3cn(C4CCC(N5[C@@H]6CCC[C@H]5COC6)CC4)nc3OCCS(C)(=O)=O)nc2)ccc1Cl. The van der Waals surface area contributed by atoms with Gasteiger partial charge < -0.3 is 19.5 Å². The highest BCUT2D eigenvalue weighted by molar-refractivity contribution is 7.90. The van der Waals surface area contributed by atoms with Crippen molar-refractivity contribution >= 4 is 33.1 Å². The number of tetrazole rings is 1. The van der Waals surface area contributed by atoms with Crippen LogP contribution in [0.1, 0.15) is 57.9 Å². The quantitative estimate of drug-likeness (QED) is 0.207. The number of morpholine rings is 1. The molecule has 3 fully saturated rings. The van der Waals surface area contributed by atoms with Crippen molar-refractivity contribution in [3.8, 4) is 22.8 Å². The summed E-state index contributed by atoms with van der Waals surface area (Å²) < 4.78 is 45.1. The lowest BCUT2D eigenvalue weighted by molar-refractivity contribution is -0.100. The molecule has 50 heavy (non-hydrogen) atoms. The lowest BCUT2D eigenvalue weighted by atomic mass is 9.85. The smallest absolute Gasteiger partial charge is 0.256 e. The number of nitrogens with one attached hydrogen (secondary N) is 1. The number of piperidine rings is 1. The van der Waals surface area contributed by atoms with Gasteiger partial charge in [-0.15, -0.1) is 10.2 Å². The van der Waals surface area contributed by atoms with Crippen molar-refractivity contribution in [1.29, 1.82) is 0 Å². The minimum absolute atomic E-state index is 0.00776. The Bertz CT molecular complexity index is 1810. The van der Waals surface area contributed by atoms with Crippen LogP contribution in [0.25, 0.3) is 11.1 Å². The van der Waals surface area contributed by atoms with Crippen LogP contribution in [-0.2, 0) is 21.1 Å². The Balaban J connectivity index is 1.03. The highest BCUT2D eigenvalue weighted by Gasteiger charge is 2.40. The molecule has 15 nitrogen and oxygen atoms in total. The number of anilines is 2. The van der Waals surface area contributed by atoms with Gasteiger partial charge in [-0.25, -0.2) is 23.1 Å². The maximum absolute atomic E-state index is 11.8. The molecule has 5 heterocycles. The van der Waals surface area contributed by atoms with Crippen LogP contribution in [0.5, 0.6) is 11.6 Å². The van der Waals surface area contributed by atoms with Gasteiger partial charge in [0.2, 0.25) is 5.95 Å². The van der Waals surface area contributed by atoms with Crippen molar-refractivity contribution in [3.05, 3.63) is 48.1 Å². The van der Waals surface area contributed by atoms with Crippen LogP contribution < -0.4 is 14.8 Å². The molecule has 3 atom stereocenters. The van der Waals surface area contributed by atoms with E-state index in [1.54, 1.807) is 23.1 Å². The molecule has 7 rings (SSSR count). The van der Waals surface area contributed by atoms with Crippen LogP contribution in [-0.4, -0.2) is 109 Å². The fraction of sp³-hybridized carbons (Fsp3) is 0.576. The Hall–Kier alpha value is -3.86. The molecule has 0 spiro atoms. The number of benzene rings is 1. The van der Waals surface area contributed by atoms with Crippen LogP contribution in [0.2, 0.25) is 5.02 Å². The zero-order chi connectivity index (χ0) is 34.7. The molecule has 1 N–H and O–H groups in total. The first kappa shape index (κ1) is 34.6. The summed E-state index contributed by atoms with van der Waals surface area (Å²) in [6, 6.07) is 7.36. The molecule has 0 amide bonds. The normalized spacial score (nSPS) is 23.3. The summed E-state index contributed by atoms with van der Waals surface area (Å²) in [6.07, 6.45) is 15.8. The number of sulfone groups is 1. The number of hydrogen-bond acceptors (Lipinski definition) is 13. The molecule has 1 aliphatic carbocycles. The third-order valence-electron chi connectivity index (χ3n) is 9.72. The van der Waals surface area contributed by atoms with E-state index in [2.05, 4.69) is 35.7 Å². The number of nitrogens with zero attached hydrogens (tertiary/aromatic N) is 9. The average Bonchev–Trinajstić information content (AvgIpc) is 3.75. The summed E-state index contributed by atoms with van der Waals surface area (Å²) >= 11 is 6.45. The first-order valence-corrected chi connectivity index (χ1v) is 19.6. The van der Waals surface area contributed by atoms with Crippen LogP contribution >= 0.6 is 11.6 Å². The van der Waals surface area contributed by atoms with Gasteiger partial charge in [0.05, 0.1) is 42.8 Å². The molecule has 2 bridgehead atoms. The number of ether oxygens (including phenoxy) is 3. The van der Waals surface area contributed by atoms with E-state index in [-0.39, 0.29) is 24.5 Å². The Morgan fingerprint density at radius 2 is 1.76 bits per heavy atom. The number of hydrogen-bond donors (Lipinski definition) is 1. The Labute approximate surface area is 296 Å². The summed E-state index contributed by atoms with van der Waals surface area (Å²) in [5.41, 5.74) is 2.18. The first-order chi connectivity index (χ1) is 24.2. The van der Waals surface area contributed by atoms with E-state index in [0.29, 0.717) is 53.0 Å². The second kappa shape index (κ2) is 15.2. The Morgan fingerprint density at radius 3 is 2.46 bits per heavy atom. The van der Waals surface area contributed by atoms with Gasteiger partial charge in [0, 0.05) is 42.3 Å². The van der Waals surface area contributed by atoms with Crippen molar-refractivity contribution in [2.75, 3.05) is 37.1 Å². The van der Waals surface area contributed by atoms with Crippen LogP contribution in [0.4, 0.5) is 11.6 Å². The zero-order valence-electron chi connectivity index (χ0n) is 28.3. The highest BCUT2D eigenvalue weighted by atomic mass is 35.5. The largest absolute Gasteiger partial charge is 0.487 e. The molecule has 4 aromatic rings. The van der Waals surface area contributed by atoms with E-state index in [1.807, 2.05) is 29.9 Å². The molecule has 3 aromatic heterocycles. The van der Waals surface area contributed by atoms with E-state index < -0.39 is 9.84 Å². The fourth-order valence-corrected chi connectivity index (χ4v) is 7.89. The molecular weight excluding hydrogens is 684 g/mol. The van der Waals surface area contributed by atoms with Crippen molar-refractivity contribution in [2.24, 2.45) is 0 Å². The van der Waals surface area contributed by atoms with Crippen molar-refractivity contribution in [2.45, 2.75) is 88.7 Å². The minimum Gasteiger partial charge on any atom is -0.487 e. The lowest BCUT2D eigenvalue weighted by Crippen LogP contribution is -2.59. The highest BCUT2D eigenvalue weighted by Crippen LogP contribution is 2.39. The van der Waals surface area contributed by atoms with E-state index in [4.69, 9.17) is 30.9 Å². The number of rotatable bonds is 13. The predicted molar refractivity (Wildman–Crippen MR) is 186 cm³/mol. The van der Waals surface area contributed by atoms with Crippen LogP contribution in [0.3, 0.4) is 0 Å².